The number of cyclic esters (lactones) is 1. The van der Waals surface area contributed by atoms with Crippen molar-refractivity contribution < 1.29 is 81.5 Å². The molecule has 0 unspecified atom stereocenters. The lowest BCUT2D eigenvalue weighted by molar-refractivity contribution is -0.385. The number of esters is 5. The van der Waals surface area contributed by atoms with Crippen molar-refractivity contribution in [2.45, 2.75) is 195 Å². The van der Waals surface area contributed by atoms with Crippen LogP contribution in [0.25, 0.3) is 34.0 Å². The summed E-state index contributed by atoms with van der Waals surface area (Å²) in [5.41, 5.74) is 6.90. The van der Waals surface area contributed by atoms with Gasteiger partial charge in [0, 0.05) is 42.9 Å². The molecule has 5 bridgehead atoms. The highest BCUT2D eigenvalue weighted by atomic mass is 35.6. The van der Waals surface area contributed by atoms with E-state index in [1.54, 1.807) is 60.6 Å². The smallest absolute Gasteiger partial charge is 0.353 e. The highest BCUT2D eigenvalue weighted by Crippen LogP contribution is 2.32. The van der Waals surface area contributed by atoms with Crippen LogP contribution in [0.3, 0.4) is 0 Å². The lowest BCUT2D eigenvalue weighted by Crippen LogP contribution is -2.61. The molecule has 9 rings (SSSR count). The van der Waals surface area contributed by atoms with E-state index in [0.717, 1.165) is 39.5 Å². The molecule has 622 valence electrons. The first-order valence-electron chi connectivity index (χ1n) is 37.9. The van der Waals surface area contributed by atoms with Crippen LogP contribution in [0.1, 0.15) is 195 Å². The summed E-state index contributed by atoms with van der Waals surface area (Å²) in [6.07, 6.45) is 9.38. The third-order valence-corrected chi connectivity index (χ3v) is 20.2. The molecule has 116 heavy (non-hydrogen) atoms. The first-order chi connectivity index (χ1) is 54.4. The molecule has 6 amide bonds. The number of aromatic nitrogens is 2. The average Bonchev–Trinajstić information content (AvgIpc) is 0.965. The normalized spacial score (nSPS) is 19.6. The summed E-state index contributed by atoms with van der Waals surface area (Å²) in [6, 6.07) is 21.7. The fourth-order valence-corrected chi connectivity index (χ4v) is 12.6. The molecular weight excluding hydrogens is 1560 g/mol. The Balaban J connectivity index is 0.000000253. The number of fused-ring (bicyclic) bond motifs is 5. The molecular formula is C82H99Cl3N12O19. The van der Waals surface area contributed by atoms with Gasteiger partial charge in [0.05, 0.1) is 43.1 Å². The minimum absolute atomic E-state index is 0.169. The number of benzene rings is 4. The van der Waals surface area contributed by atoms with Gasteiger partial charge in [-0.1, -0.05) is 160 Å². The second-order valence-electron chi connectivity index (χ2n) is 29.9. The van der Waals surface area contributed by atoms with Crippen molar-refractivity contribution in [1.29, 1.82) is 0 Å². The fraction of sp³-hybridized carbons (Fsp3) is 0.451. The molecule has 0 saturated carbocycles. The third kappa shape index (κ3) is 25.1. The summed E-state index contributed by atoms with van der Waals surface area (Å²) in [4.78, 5) is 172. The highest BCUT2D eigenvalue weighted by Gasteiger charge is 2.40. The number of hydrogen-bond acceptors (Lipinski definition) is 23. The Hall–Kier alpha value is -10.9. The van der Waals surface area contributed by atoms with E-state index >= 15 is 0 Å². The first-order valence-corrected chi connectivity index (χ1v) is 39.0. The van der Waals surface area contributed by atoms with Gasteiger partial charge in [0.2, 0.25) is 27.4 Å². The van der Waals surface area contributed by atoms with Gasteiger partial charge in [-0.3, -0.25) is 73.4 Å². The topological polar surface area (TPSA) is 415 Å². The summed E-state index contributed by atoms with van der Waals surface area (Å²) in [7, 11) is 0. The monoisotopic (exact) mass is 1660 g/mol. The number of ether oxygens (including phenoxy) is 4. The van der Waals surface area contributed by atoms with E-state index in [1.165, 1.54) is 62.0 Å². The van der Waals surface area contributed by atoms with Crippen molar-refractivity contribution in [3.05, 3.63) is 174 Å². The minimum atomic E-state index is -1.76. The molecule has 6 N–H and O–H groups in total. The summed E-state index contributed by atoms with van der Waals surface area (Å²) < 4.78 is 19.0. The predicted octanol–water partition coefficient (Wildman–Crippen LogP) is 11.9. The second kappa shape index (κ2) is 40.6. The van der Waals surface area contributed by atoms with Crippen molar-refractivity contribution in [3.63, 3.8) is 0 Å². The summed E-state index contributed by atoms with van der Waals surface area (Å²) >= 11 is 17.0. The maximum Gasteiger partial charge on any atom is 0.353 e. The number of carbonyl (C=O) groups excluding carboxylic acids is 11. The van der Waals surface area contributed by atoms with Gasteiger partial charge in [-0.25, -0.2) is 30.4 Å². The number of nitro benzene ring substituents is 2. The number of hydrogen-bond donors (Lipinski definition) is 6. The maximum atomic E-state index is 13.6. The fourth-order valence-electron chi connectivity index (χ4n) is 12.4. The van der Waals surface area contributed by atoms with E-state index in [2.05, 4.69) is 41.8 Å². The van der Waals surface area contributed by atoms with Crippen molar-refractivity contribution in [3.8, 4) is 0 Å². The van der Waals surface area contributed by atoms with E-state index < -0.39 is 138 Å². The van der Waals surface area contributed by atoms with Crippen LogP contribution in [0.4, 0.5) is 11.4 Å². The number of rotatable bonds is 19. The van der Waals surface area contributed by atoms with E-state index in [1.807, 2.05) is 101 Å². The molecule has 2 aromatic heterocycles. The Morgan fingerprint density at radius 3 is 1.95 bits per heavy atom. The Morgan fingerprint density at radius 1 is 0.759 bits per heavy atom. The molecule has 10 atom stereocenters. The van der Waals surface area contributed by atoms with Crippen molar-refractivity contribution in [2.75, 3.05) is 19.7 Å². The van der Waals surface area contributed by atoms with Gasteiger partial charge in [0.25, 0.3) is 23.2 Å². The Kier molecular flexibility index (Phi) is 32.3. The standard InChI is InChI=1S/C35H46Cl3N5O7.C31H41N5O5.C16H12N2O7/c1-8-20(2)29(30(45)39-21(3)31(46)43-17-9-10-27(42-43)32(47)49-19-35(36,37)38)41-33(48)34(6,7)16-15-24-11-12-25-13-14-26(40-28(25)18-24)22(4)50-23(5)44;1-7-18(2)26-27(37)32-19(3)28(38)36-16-8-9-24(35-36)29(39)41-20(4)23-13-12-22-11-10-21(17-25(22)33-23)14-15-31(5,6)30(40)34-26;1-9-5-3-7-11(17(21)22)13(9)15(19)25-16(20)14-10(2)6-4-8-12(14)18(23)24/h11-16,18,20-22,27,29,42H,8-10,17,19H2,1-7H3,(H,39,45)(H,41,48);10-15,17-20,24,26,35H,7-9,16H2,1-6H3,(H,32,37)(H,34,40);3-8H,1-2H3/b16-15+;15-14+;/t20-,21-,22+,27-,29-;18-,19-,20+,24-,26-;/m00./s1. The molecule has 3 aliphatic rings. The second-order valence-corrected chi connectivity index (χ2v) is 32.4. The SMILES string of the molecule is CC[C@H](C)[C@@H]1NC(=O)C(C)(C)/C=C/c2ccc3ccc(nc3c2)[C@@H](C)OC(=O)[C@@H]2CCCN(N2)C(=O)[C@H](C)NC1=O.CC[C@H](C)[C@H](NC(=O)C(C)(C)/C=C/c1ccc2ccc([C@@H](C)OC(C)=O)nc2c1)C(=O)N[C@@H](C)C(=O)N1CCC[C@@H](C(=O)OCC(Cl)(Cl)Cl)N1.Cc1cccc([N+](=O)[O-])c1C(=O)OC(=O)c1c(C)cccc1[N+](=O)[O-]. The largest absolute Gasteiger partial charge is 0.460 e. The number of amides is 6. The molecule has 4 aromatic carbocycles. The molecule has 0 radical (unpaired) electrons. The molecule has 2 fully saturated rings. The van der Waals surface area contributed by atoms with Crippen molar-refractivity contribution in [1.82, 2.24) is 52.1 Å². The van der Waals surface area contributed by atoms with Crippen LogP contribution >= 0.6 is 34.8 Å². The van der Waals surface area contributed by atoms with Crippen LogP contribution in [-0.2, 0) is 62.1 Å². The first kappa shape index (κ1) is 92.3. The van der Waals surface area contributed by atoms with Gasteiger partial charge in [0.15, 0.2) is 0 Å². The van der Waals surface area contributed by atoms with E-state index in [4.69, 9.17) is 54.0 Å². The Morgan fingerprint density at radius 2 is 1.35 bits per heavy atom. The number of nitrogens with zero attached hydrogens (tertiary/aromatic N) is 6. The number of aryl methyl sites for hydroxylation is 2. The van der Waals surface area contributed by atoms with Crippen LogP contribution < -0.4 is 32.1 Å². The Bertz CT molecular complexity index is 4710. The molecule has 3 aliphatic heterocycles. The highest BCUT2D eigenvalue weighted by molar-refractivity contribution is 6.67. The number of hydrazine groups is 2. The molecule has 6 aromatic rings. The van der Waals surface area contributed by atoms with Gasteiger partial charge < -0.3 is 40.2 Å². The lowest BCUT2D eigenvalue weighted by atomic mass is 9.89. The van der Waals surface area contributed by atoms with E-state index in [0.29, 0.717) is 68.5 Å². The zero-order chi connectivity index (χ0) is 86.0. The number of halogens is 3. The average molecular weight is 1660 g/mol. The maximum absolute atomic E-state index is 13.6. The molecule has 34 heteroatoms. The quantitative estimate of drug-likeness (QED) is 0.0109. The van der Waals surface area contributed by atoms with Crippen LogP contribution in [0, 0.1) is 56.7 Å². The Labute approximate surface area is 686 Å². The lowest BCUT2D eigenvalue weighted by Gasteiger charge is -2.35. The summed E-state index contributed by atoms with van der Waals surface area (Å²) in [5.74, 6) is -6.90. The molecule has 2 saturated heterocycles. The van der Waals surface area contributed by atoms with Gasteiger partial charge in [-0.2, -0.15) is 0 Å². The van der Waals surface area contributed by atoms with Gasteiger partial charge in [-0.05, 0) is 153 Å². The van der Waals surface area contributed by atoms with Crippen LogP contribution in [0.15, 0.2) is 109 Å². The zero-order valence-corrected chi connectivity index (χ0v) is 69.5. The summed E-state index contributed by atoms with van der Waals surface area (Å²) in [6.45, 7) is 25.8. The summed E-state index contributed by atoms with van der Waals surface area (Å²) in [5, 5.41) is 37.9. The number of nitro groups is 2. The third-order valence-electron chi connectivity index (χ3n) is 19.9. The van der Waals surface area contributed by atoms with Crippen molar-refractivity contribution in [2.24, 2.45) is 22.7 Å². The van der Waals surface area contributed by atoms with Gasteiger partial charge >= 0.3 is 29.8 Å². The number of pyridine rings is 2. The van der Waals surface area contributed by atoms with Crippen molar-refractivity contribution >= 4 is 145 Å². The van der Waals surface area contributed by atoms with Gasteiger partial charge in [0.1, 0.15) is 66.2 Å². The molecule has 5 heterocycles. The number of carbonyl (C=O) groups is 11. The minimum Gasteiger partial charge on any atom is -0.460 e. The van der Waals surface area contributed by atoms with Crippen LogP contribution in [0.2, 0.25) is 0 Å². The molecule has 0 aliphatic carbocycles. The molecule has 0 spiro atoms. The predicted molar refractivity (Wildman–Crippen MR) is 434 cm³/mol. The number of nitrogens with one attached hydrogen (secondary N) is 6. The number of alkyl halides is 3. The molecule has 31 nitrogen and oxygen atoms in total. The van der Waals surface area contributed by atoms with E-state index in [9.17, 15) is 73.0 Å². The zero-order valence-electron chi connectivity index (χ0n) is 67.3. The van der Waals surface area contributed by atoms with Crippen LogP contribution in [-0.4, -0.2) is 155 Å². The van der Waals surface area contributed by atoms with Gasteiger partial charge in [-0.15, -0.1) is 0 Å². The van der Waals surface area contributed by atoms with E-state index in [-0.39, 0.29) is 51.8 Å². The van der Waals surface area contributed by atoms with Crippen LogP contribution in [0.5, 0.6) is 0 Å².